The molecular formula is C18H20N8O3. The smallest absolute Gasteiger partial charge is 0.294 e. The van der Waals surface area contributed by atoms with Gasteiger partial charge in [0, 0.05) is 25.2 Å². The lowest BCUT2D eigenvalue weighted by molar-refractivity contribution is -0.384. The average Bonchev–Trinajstić information content (AvgIpc) is 3.36. The molecule has 4 rings (SSSR count). The maximum atomic E-state index is 12.6. The third-order valence-electron chi connectivity index (χ3n) is 4.86. The molecule has 150 valence electrons. The van der Waals surface area contributed by atoms with E-state index in [1.807, 2.05) is 0 Å². The van der Waals surface area contributed by atoms with E-state index in [9.17, 15) is 14.9 Å². The molecular weight excluding hydrogens is 376 g/mol. The highest BCUT2D eigenvalue weighted by molar-refractivity contribution is 6.01. The van der Waals surface area contributed by atoms with E-state index >= 15 is 0 Å². The summed E-state index contributed by atoms with van der Waals surface area (Å²) >= 11 is 0. The predicted molar refractivity (Wildman–Crippen MR) is 104 cm³/mol. The van der Waals surface area contributed by atoms with E-state index in [4.69, 9.17) is 0 Å². The van der Waals surface area contributed by atoms with E-state index in [1.165, 1.54) is 27.7 Å². The zero-order chi connectivity index (χ0) is 20.4. The number of nitrogens with one attached hydrogen (secondary N) is 2. The summed E-state index contributed by atoms with van der Waals surface area (Å²) in [5.41, 5.74) is 0.306. The number of para-hydroxylation sites is 2. The van der Waals surface area contributed by atoms with Gasteiger partial charge in [-0.2, -0.15) is 15.2 Å². The number of nitrogens with zero attached hydrogens (tertiary/aromatic N) is 6. The number of aromatic nitrogens is 5. The van der Waals surface area contributed by atoms with Gasteiger partial charge < -0.3 is 5.32 Å². The van der Waals surface area contributed by atoms with Crippen molar-refractivity contribution in [3.05, 3.63) is 58.2 Å². The number of nitro groups is 1. The summed E-state index contributed by atoms with van der Waals surface area (Å²) in [6, 6.07) is 7.70. The number of hydrogen-bond acceptors (Lipinski definition) is 7. The van der Waals surface area contributed by atoms with Crippen molar-refractivity contribution < 1.29 is 9.72 Å². The second-order valence-electron chi connectivity index (χ2n) is 6.79. The molecule has 29 heavy (non-hydrogen) atoms. The molecule has 2 N–H and O–H groups in total. The Morgan fingerprint density at radius 2 is 2.00 bits per heavy atom. The Morgan fingerprint density at radius 3 is 2.76 bits per heavy atom. The van der Waals surface area contributed by atoms with Crippen molar-refractivity contribution in [1.82, 2.24) is 29.9 Å². The van der Waals surface area contributed by atoms with Crippen molar-refractivity contribution >= 4 is 17.5 Å². The molecule has 11 heteroatoms. The standard InChI is InChI=1S/C18H20N8O3/c1-24-18(20-16(23-24)12-6-9-19-10-7-12)21-17(27)13-8-11-25(22-13)14-4-2-3-5-15(14)26(28)29/h2-5,8,11-12,19H,6-7,9-10H2,1H3,(H,20,21,23,27). The summed E-state index contributed by atoms with van der Waals surface area (Å²) in [4.78, 5) is 27.8. The predicted octanol–water partition coefficient (Wildman–Crippen LogP) is 1.63. The van der Waals surface area contributed by atoms with Crippen molar-refractivity contribution in [2.75, 3.05) is 18.4 Å². The molecule has 1 aliphatic rings. The molecule has 0 radical (unpaired) electrons. The van der Waals surface area contributed by atoms with Crippen molar-refractivity contribution in [2.24, 2.45) is 7.05 Å². The van der Waals surface area contributed by atoms with Gasteiger partial charge in [0.1, 0.15) is 5.69 Å². The fourth-order valence-corrected chi connectivity index (χ4v) is 3.32. The number of hydrogen-bond donors (Lipinski definition) is 2. The molecule has 3 heterocycles. The third-order valence-corrected chi connectivity index (χ3v) is 4.86. The van der Waals surface area contributed by atoms with Crippen molar-refractivity contribution in [3.63, 3.8) is 0 Å². The van der Waals surface area contributed by atoms with Crippen LogP contribution in [-0.4, -0.2) is 48.5 Å². The number of rotatable bonds is 5. The van der Waals surface area contributed by atoms with Crippen LogP contribution in [0.15, 0.2) is 36.5 Å². The maximum absolute atomic E-state index is 12.6. The van der Waals surface area contributed by atoms with Crippen LogP contribution < -0.4 is 10.6 Å². The Labute approximate surface area is 165 Å². The maximum Gasteiger partial charge on any atom is 0.294 e. The van der Waals surface area contributed by atoms with Crippen LogP contribution in [0.1, 0.15) is 35.1 Å². The number of amides is 1. The first kappa shape index (κ1) is 18.7. The van der Waals surface area contributed by atoms with E-state index in [0.29, 0.717) is 5.95 Å². The molecule has 1 aliphatic heterocycles. The second kappa shape index (κ2) is 7.80. The largest absolute Gasteiger partial charge is 0.317 e. The molecule has 0 unspecified atom stereocenters. The molecule has 3 aromatic rings. The quantitative estimate of drug-likeness (QED) is 0.495. The van der Waals surface area contributed by atoms with Crippen molar-refractivity contribution in [3.8, 4) is 5.69 Å². The lowest BCUT2D eigenvalue weighted by atomic mass is 9.98. The first-order valence-corrected chi connectivity index (χ1v) is 9.25. The van der Waals surface area contributed by atoms with Crippen LogP contribution in [0.5, 0.6) is 0 Å². The second-order valence-corrected chi connectivity index (χ2v) is 6.79. The van der Waals surface area contributed by atoms with Crippen LogP contribution in [-0.2, 0) is 7.05 Å². The number of carbonyl (C=O) groups is 1. The fourth-order valence-electron chi connectivity index (χ4n) is 3.32. The summed E-state index contributed by atoms with van der Waals surface area (Å²) in [5, 5.41) is 25.8. The minimum Gasteiger partial charge on any atom is -0.317 e. The summed E-state index contributed by atoms with van der Waals surface area (Å²) < 4.78 is 2.85. The average molecular weight is 396 g/mol. The van der Waals surface area contributed by atoms with Crippen LogP contribution in [0.4, 0.5) is 11.6 Å². The first-order valence-electron chi connectivity index (χ1n) is 9.25. The minimum absolute atomic E-state index is 0.0949. The number of carbonyl (C=O) groups excluding carboxylic acids is 1. The van der Waals surface area contributed by atoms with Gasteiger partial charge in [0.2, 0.25) is 5.95 Å². The van der Waals surface area contributed by atoms with Crippen LogP contribution in [0, 0.1) is 10.1 Å². The zero-order valence-corrected chi connectivity index (χ0v) is 15.8. The molecule has 0 bridgehead atoms. The van der Waals surface area contributed by atoms with E-state index < -0.39 is 10.8 Å². The van der Waals surface area contributed by atoms with Gasteiger partial charge in [-0.25, -0.2) is 9.36 Å². The van der Waals surface area contributed by atoms with Crippen LogP contribution in [0.2, 0.25) is 0 Å². The SMILES string of the molecule is Cn1nc(C2CCNCC2)nc1NC(=O)c1ccn(-c2ccccc2[N+](=O)[O-])n1. The van der Waals surface area contributed by atoms with Gasteiger partial charge in [-0.1, -0.05) is 12.1 Å². The summed E-state index contributed by atoms with van der Waals surface area (Å²) in [5.74, 6) is 0.860. The Bertz CT molecular complexity index is 1050. The zero-order valence-electron chi connectivity index (χ0n) is 15.8. The molecule has 0 saturated carbocycles. The van der Waals surface area contributed by atoms with Gasteiger partial charge >= 0.3 is 0 Å². The molecule has 1 aromatic carbocycles. The summed E-state index contributed by atoms with van der Waals surface area (Å²) in [7, 11) is 1.72. The molecule has 2 aromatic heterocycles. The number of nitro benzene ring substituents is 1. The van der Waals surface area contributed by atoms with Gasteiger partial charge in [0.05, 0.1) is 4.92 Å². The normalized spacial score (nSPS) is 14.7. The molecule has 0 spiro atoms. The van der Waals surface area contributed by atoms with Gasteiger partial charge in [-0.3, -0.25) is 20.2 Å². The Morgan fingerprint density at radius 1 is 1.24 bits per heavy atom. The number of benzene rings is 1. The van der Waals surface area contributed by atoms with Crippen molar-refractivity contribution in [1.29, 1.82) is 0 Å². The number of piperidine rings is 1. The highest BCUT2D eigenvalue weighted by Gasteiger charge is 2.22. The van der Waals surface area contributed by atoms with E-state index in [0.717, 1.165) is 31.8 Å². The Balaban J connectivity index is 1.52. The lowest BCUT2D eigenvalue weighted by Gasteiger charge is -2.19. The molecule has 1 saturated heterocycles. The molecule has 0 atom stereocenters. The van der Waals surface area contributed by atoms with Gasteiger partial charge in [-0.05, 0) is 38.1 Å². The Kier molecular flexibility index (Phi) is 5.04. The molecule has 1 fully saturated rings. The van der Waals surface area contributed by atoms with Gasteiger partial charge in [-0.15, -0.1) is 0 Å². The third kappa shape index (κ3) is 3.85. The number of anilines is 1. The monoisotopic (exact) mass is 396 g/mol. The summed E-state index contributed by atoms with van der Waals surface area (Å²) in [6.45, 7) is 1.85. The minimum atomic E-state index is -0.487. The first-order chi connectivity index (χ1) is 14.0. The van der Waals surface area contributed by atoms with Crippen LogP contribution in [0.3, 0.4) is 0 Å². The fraction of sp³-hybridized carbons (Fsp3) is 0.333. The highest BCUT2D eigenvalue weighted by Crippen LogP contribution is 2.24. The van der Waals surface area contributed by atoms with E-state index in [1.54, 1.807) is 25.2 Å². The van der Waals surface area contributed by atoms with Crippen LogP contribution in [0.25, 0.3) is 5.69 Å². The Hall–Kier alpha value is -3.60. The highest BCUT2D eigenvalue weighted by atomic mass is 16.6. The molecule has 0 aliphatic carbocycles. The molecule has 1 amide bonds. The van der Waals surface area contributed by atoms with Gasteiger partial charge in [0.25, 0.3) is 11.6 Å². The van der Waals surface area contributed by atoms with E-state index in [2.05, 4.69) is 25.8 Å². The van der Waals surface area contributed by atoms with Gasteiger partial charge in [0.15, 0.2) is 11.5 Å². The topological polar surface area (TPSA) is 133 Å². The summed E-state index contributed by atoms with van der Waals surface area (Å²) in [6.07, 6.45) is 3.42. The number of aryl methyl sites for hydroxylation is 1. The van der Waals surface area contributed by atoms with Crippen molar-refractivity contribution in [2.45, 2.75) is 18.8 Å². The van der Waals surface area contributed by atoms with Crippen LogP contribution >= 0.6 is 0 Å². The molecule has 11 nitrogen and oxygen atoms in total. The van der Waals surface area contributed by atoms with E-state index in [-0.39, 0.29) is 23.0 Å². The lowest BCUT2D eigenvalue weighted by Crippen LogP contribution is -2.27.